The van der Waals surface area contributed by atoms with Crippen LogP contribution in [0.5, 0.6) is 0 Å². The quantitative estimate of drug-likeness (QED) is 0.516. The smallest absolute Gasteiger partial charge is 0.189 e. The largest absolute Gasteiger partial charge is 0.340 e. The van der Waals surface area contributed by atoms with Crippen molar-refractivity contribution in [2.75, 3.05) is 7.05 Å². The third kappa shape index (κ3) is 1.52. The average Bonchev–Trinajstić information content (AvgIpc) is 1.89. The Morgan fingerprint density at radius 1 is 1.56 bits per heavy atom. The summed E-state index contributed by atoms with van der Waals surface area (Å²) >= 11 is 0. The van der Waals surface area contributed by atoms with Crippen molar-refractivity contribution in [1.82, 2.24) is 0 Å². The van der Waals surface area contributed by atoms with Gasteiger partial charge in [0.15, 0.2) is 5.78 Å². The summed E-state index contributed by atoms with van der Waals surface area (Å²) in [6, 6.07) is 0.291. The van der Waals surface area contributed by atoms with Gasteiger partial charge in [-0.2, -0.15) is 0 Å². The third-order valence-corrected chi connectivity index (χ3v) is 2.00. The van der Waals surface area contributed by atoms with E-state index in [1.165, 1.54) is 6.42 Å². The molecule has 2 nitrogen and oxygen atoms in total. The van der Waals surface area contributed by atoms with Gasteiger partial charge in [0.05, 0.1) is 7.05 Å². The second-order valence-corrected chi connectivity index (χ2v) is 2.65. The lowest BCUT2D eigenvalue weighted by Crippen LogP contribution is -2.88. The summed E-state index contributed by atoms with van der Waals surface area (Å²) < 4.78 is 0. The number of likely N-dealkylation sites (N-methyl/N-ethyl adjacent to an activating group) is 1. The van der Waals surface area contributed by atoms with Crippen LogP contribution in [0.4, 0.5) is 0 Å². The summed E-state index contributed by atoms with van der Waals surface area (Å²) in [5.41, 5.74) is 0. The van der Waals surface area contributed by atoms with Gasteiger partial charge in [0.25, 0.3) is 0 Å². The molecule has 0 aromatic heterocycles. The highest BCUT2D eigenvalue weighted by atomic mass is 16.1. The molecule has 52 valence electrons. The van der Waals surface area contributed by atoms with Gasteiger partial charge < -0.3 is 5.32 Å². The van der Waals surface area contributed by atoms with Crippen molar-refractivity contribution < 1.29 is 10.1 Å². The fourth-order valence-electron chi connectivity index (χ4n) is 1.36. The zero-order chi connectivity index (χ0) is 6.69. The number of Topliss-reactive ketones (excluding diaryl/α,β-unsaturated/α-hetero) is 1. The molecule has 1 atom stereocenters. The van der Waals surface area contributed by atoms with Crippen molar-refractivity contribution in [3.05, 3.63) is 0 Å². The van der Waals surface area contributed by atoms with Crippen LogP contribution in [-0.2, 0) is 4.79 Å². The maximum absolute atomic E-state index is 11.0. The summed E-state index contributed by atoms with van der Waals surface area (Å²) in [6.07, 6.45) is 4.26. The molecular weight excluding hydrogens is 114 g/mol. The predicted molar refractivity (Wildman–Crippen MR) is 35.1 cm³/mol. The van der Waals surface area contributed by atoms with E-state index < -0.39 is 0 Å². The van der Waals surface area contributed by atoms with E-state index in [0.29, 0.717) is 11.8 Å². The SMILES string of the molecule is C[NH2+][C@H]1CCCCC1=O. The fourth-order valence-corrected chi connectivity index (χ4v) is 1.36. The molecule has 9 heavy (non-hydrogen) atoms. The molecule has 0 aromatic rings. The van der Waals surface area contributed by atoms with Crippen LogP contribution in [0.15, 0.2) is 0 Å². The summed E-state index contributed by atoms with van der Waals surface area (Å²) in [6.45, 7) is 0. The van der Waals surface area contributed by atoms with Crippen molar-refractivity contribution >= 4 is 5.78 Å². The van der Waals surface area contributed by atoms with E-state index in [4.69, 9.17) is 0 Å². The van der Waals surface area contributed by atoms with Gasteiger partial charge in [-0.25, -0.2) is 0 Å². The van der Waals surface area contributed by atoms with Crippen molar-refractivity contribution in [1.29, 1.82) is 0 Å². The third-order valence-electron chi connectivity index (χ3n) is 2.00. The number of quaternary nitrogens is 1. The van der Waals surface area contributed by atoms with Crippen LogP contribution in [0.25, 0.3) is 0 Å². The number of hydrogen-bond acceptors (Lipinski definition) is 1. The maximum atomic E-state index is 11.0. The summed E-state index contributed by atoms with van der Waals surface area (Å²) in [5.74, 6) is 0.448. The predicted octanol–water partition coefficient (Wildman–Crippen LogP) is -0.309. The van der Waals surface area contributed by atoms with Crippen LogP contribution >= 0.6 is 0 Å². The van der Waals surface area contributed by atoms with Crippen molar-refractivity contribution in [2.24, 2.45) is 0 Å². The molecule has 2 heteroatoms. The topological polar surface area (TPSA) is 33.7 Å². The van der Waals surface area contributed by atoms with Crippen LogP contribution < -0.4 is 5.32 Å². The molecular formula is C7H14NO+. The van der Waals surface area contributed by atoms with E-state index >= 15 is 0 Å². The van der Waals surface area contributed by atoms with Crippen LogP contribution in [0, 0.1) is 0 Å². The minimum atomic E-state index is 0.291. The van der Waals surface area contributed by atoms with E-state index in [9.17, 15) is 4.79 Å². The second kappa shape index (κ2) is 2.97. The number of hydrogen-bond donors (Lipinski definition) is 1. The van der Waals surface area contributed by atoms with Gasteiger partial charge in [-0.3, -0.25) is 4.79 Å². The molecule has 0 amide bonds. The first kappa shape index (κ1) is 6.75. The van der Waals surface area contributed by atoms with E-state index in [0.717, 1.165) is 19.3 Å². The number of nitrogens with two attached hydrogens (primary N) is 1. The molecule has 0 aliphatic heterocycles. The zero-order valence-corrected chi connectivity index (χ0v) is 5.89. The Balaban J connectivity index is 2.39. The fraction of sp³-hybridized carbons (Fsp3) is 0.857. The van der Waals surface area contributed by atoms with Gasteiger partial charge in [0.1, 0.15) is 6.04 Å². The maximum Gasteiger partial charge on any atom is 0.189 e. The first-order valence-electron chi connectivity index (χ1n) is 3.67. The van der Waals surface area contributed by atoms with Gasteiger partial charge in [-0.1, -0.05) is 0 Å². The van der Waals surface area contributed by atoms with Gasteiger partial charge in [-0.15, -0.1) is 0 Å². The molecule has 1 rings (SSSR count). The van der Waals surface area contributed by atoms with Gasteiger partial charge in [0, 0.05) is 12.8 Å². The van der Waals surface area contributed by atoms with Crippen LogP contribution in [0.1, 0.15) is 25.7 Å². The second-order valence-electron chi connectivity index (χ2n) is 2.65. The summed E-state index contributed by atoms with van der Waals surface area (Å²) in [5, 5.41) is 2.03. The lowest BCUT2D eigenvalue weighted by atomic mass is 9.94. The first-order chi connectivity index (χ1) is 4.34. The number of carbonyl (C=O) groups excluding carboxylic acids is 1. The summed E-state index contributed by atoms with van der Waals surface area (Å²) in [7, 11) is 1.98. The van der Waals surface area contributed by atoms with Crippen molar-refractivity contribution in [3.63, 3.8) is 0 Å². The number of ketones is 1. The highest BCUT2D eigenvalue weighted by Gasteiger charge is 2.22. The molecule has 0 spiro atoms. The van der Waals surface area contributed by atoms with Gasteiger partial charge in [-0.05, 0) is 12.8 Å². The molecule has 0 saturated heterocycles. The van der Waals surface area contributed by atoms with Gasteiger partial charge in [0.2, 0.25) is 0 Å². The Bertz CT molecular complexity index is 111. The van der Waals surface area contributed by atoms with E-state index in [1.807, 2.05) is 12.4 Å². The molecule has 0 radical (unpaired) electrons. The van der Waals surface area contributed by atoms with Crippen molar-refractivity contribution in [2.45, 2.75) is 31.7 Å². The number of carbonyl (C=O) groups is 1. The average molecular weight is 128 g/mol. The van der Waals surface area contributed by atoms with E-state index in [-0.39, 0.29) is 0 Å². The molecule has 1 fully saturated rings. The molecule has 1 saturated carbocycles. The molecule has 0 unspecified atom stereocenters. The van der Waals surface area contributed by atoms with Crippen LogP contribution in [0.2, 0.25) is 0 Å². The monoisotopic (exact) mass is 128 g/mol. The Kier molecular flexibility index (Phi) is 2.22. The molecule has 0 heterocycles. The molecule has 1 aliphatic carbocycles. The minimum Gasteiger partial charge on any atom is -0.340 e. The lowest BCUT2D eigenvalue weighted by molar-refractivity contribution is -0.651. The van der Waals surface area contributed by atoms with Crippen molar-refractivity contribution in [3.8, 4) is 0 Å². The van der Waals surface area contributed by atoms with Gasteiger partial charge >= 0.3 is 0 Å². The normalized spacial score (nSPS) is 28.6. The Labute approximate surface area is 55.6 Å². The highest BCUT2D eigenvalue weighted by Crippen LogP contribution is 2.11. The minimum absolute atomic E-state index is 0.291. The zero-order valence-electron chi connectivity index (χ0n) is 5.89. The Morgan fingerprint density at radius 2 is 2.33 bits per heavy atom. The molecule has 1 aliphatic rings. The van der Waals surface area contributed by atoms with E-state index in [1.54, 1.807) is 0 Å². The highest BCUT2D eigenvalue weighted by molar-refractivity contribution is 5.83. The summed E-state index contributed by atoms with van der Waals surface area (Å²) in [4.78, 5) is 11.0. The molecule has 0 aromatic carbocycles. The molecule has 0 bridgehead atoms. The molecule has 2 N–H and O–H groups in total. The first-order valence-corrected chi connectivity index (χ1v) is 3.67. The Morgan fingerprint density at radius 3 is 2.78 bits per heavy atom. The lowest BCUT2D eigenvalue weighted by Gasteiger charge is -2.15. The number of rotatable bonds is 1. The van der Waals surface area contributed by atoms with Crippen LogP contribution in [-0.4, -0.2) is 18.9 Å². The standard InChI is InChI=1S/C7H13NO/c1-8-6-4-2-3-5-7(6)9/h6,8H,2-5H2,1H3/p+1/t6-/m0/s1. The van der Waals surface area contributed by atoms with Crippen LogP contribution in [0.3, 0.4) is 0 Å². The Hall–Kier alpha value is -0.370. The van der Waals surface area contributed by atoms with E-state index in [2.05, 4.69) is 0 Å².